The van der Waals surface area contributed by atoms with Crippen molar-refractivity contribution in [1.29, 1.82) is 0 Å². The molecule has 4 rings (SSSR count). The van der Waals surface area contributed by atoms with Gasteiger partial charge in [0, 0.05) is 43.7 Å². The van der Waals surface area contributed by atoms with Crippen LogP contribution in [0, 0.1) is 0 Å². The number of aromatic nitrogens is 5. The van der Waals surface area contributed by atoms with Crippen LogP contribution in [-0.4, -0.2) is 45.3 Å². The summed E-state index contributed by atoms with van der Waals surface area (Å²) in [5, 5.41) is 7.20. The fourth-order valence-corrected chi connectivity index (χ4v) is 3.54. The molecule has 0 aliphatic heterocycles. The zero-order valence-corrected chi connectivity index (χ0v) is 17.5. The van der Waals surface area contributed by atoms with Crippen molar-refractivity contribution in [2.75, 3.05) is 11.6 Å². The molecule has 4 aromatic rings. The predicted molar refractivity (Wildman–Crippen MR) is 115 cm³/mol. The van der Waals surface area contributed by atoms with Gasteiger partial charge in [0.05, 0.1) is 22.0 Å². The highest BCUT2D eigenvalue weighted by Gasteiger charge is 2.17. The summed E-state index contributed by atoms with van der Waals surface area (Å²) in [5.74, 6) is -0.431. The molecule has 0 unspecified atom stereocenters. The number of carbonyl (C=O) groups excluding carboxylic acids is 1. The van der Waals surface area contributed by atoms with Gasteiger partial charge in [-0.15, -0.1) is 0 Å². The van der Waals surface area contributed by atoms with Crippen LogP contribution < -0.4 is 5.32 Å². The van der Waals surface area contributed by atoms with E-state index in [2.05, 4.69) is 25.4 Å². The number of carbonyl (C=O) groups is 1. The molecule has 10 heteroatoms. The molecule has 0 aliphatic rings. The summed E-state index contributed by atoms with van der Waals surface area (Å²) in [5.41, 5.74) is 2.76. The number of sulfone groups is 1. The van der Waals surface area contributed by atoms with Crippen LogP contribution in [-0.2, 0) is 16.9 Å². The zero-order valence-electron chi connectivity index (χ0n) is 16.7. The molecule has 0 bridgehead atoms. The molecule has 156 valence electrons. The van der Waals surface area contributed by atoms with Gasteiger partial charge >= 0.3 is 0 Å². The second-order valence-electron chi connectivity index (χ2n) is 6.82. The van der Waals surface area contributed by atoms with E-state index in [0.29, 0.717) is 28.3 Å². The smallest absolute Gasteiger partial charge is 0.274 e. The van der Waals surface area contributed by atoms with Crippen molar-refractivity contribution >= 4 is 21.4 Å². The molecule has 0 fully saturated rings. The molecule has 0 aliphatic carbocycles. The number of anilines is 1. The minimum Gasteiger partial charge on any atom is -0.317 e. The summed E-state index contributed by atoms with van der Waals surface area (Å²) in [4.78, 5) is 25.6. The molecular formula is C21H18N6O3S. The van der Waals surface area contributed by atoms with E-state index in [1.54, 1.807) is 54.5 Å². The third kappa shape index (κ3) is 4.48. The summed E-state index contributed by atoms with van der Waals surface area (Å²) in [7, 11) is -1.66. The van der Waals surface area contributed by atoms with Crippen molar-refractivity contribution in [3.8, 4) is 22.6 Å². The lowest BCUT2D eigenvalue weighted by molar-refractivity contribution is 0.102. The van der Waals surface area contributed by atoms with Crippen LogP contribution in [0.1, 0.15) is 10.5 Å². The fourth-order valence-electron chi connectivity index (χ4n) is 2.94. The van der Waals surface area contributed by atoms with E-state index in [4.69, 9.17) is 0 Å². The van der Waals surface area contributed by atoms with E-state index in [-0.39, 0.29) is 10.6 Å². The Balaban J connectivity index is 1.64. The summed E-state index contributed by atoms with van der Waals surface area (Å²) >= 11 is 0. The van der Waals surface area contributed by atoms with Crippen LogP contribution in [0.15, 0.2) is 72.1 Å². The van der Waals surface area contributed by atoms with Gasteiger partial charge in [0.1, 0.15) is 11.4 Å². The highest BCUT2D eigenvalue weighted by Crippen LogP contribution is 2.25. The standard InChI is InChI=1S/C21H18N6O3S/c1-27-13-19(20(26-27)17-6-3-4-9-23-17)25-21(28)18-8-5-7-16(24-18)14-10-15(12-22-11-14)31(2,29)30/h3-13H,1-2H3,(H,25,28). The van der Waals surface area contributed by atoms with Crippen molar-refractivity contribution in [3.05, 3.63) is 72.9 Å². The molecular weight excluding hydrogens is 416 g/mol. The van der Waals surface area contributed by atoms with Gasteiger partial charge in [-0.25, -0.2) is 13.4 Å². The van der Waals surface area contributed by atoms with Gasteiger partial charge in [0.25, 0.3) is 5.91 Å². The Morgan fingerprint density at radius 2 is 1.87 bits per heavy atom. The predicted octanol–water partition coefficient (Wildman–Crippen LogP) is 2.59. The van der Waals surface area contributed by atoms with Crippen molar-refractivity contribution in [3.63, 3.8) is 0 Å². The molecule has 0 aromatic carbocycles. The number of nitrogens with zero attached hydrogens (tertiary/aromatic N) is 5. The van der Waals surface area contributed by atoms with Crippen LogP contribution in [0.5, 0.6) is 0 Å². The number of pyridine rings is 3. The summed E-state index contributed by atoms with van der Waals surface area (Å²) in [6, 6.07) is 11.9. The third-order valence-electron chi connectivity index (χ3n) is 4.40. The van der Waals surface area contributed by atoms with Crippen molar-refractivity contribution in [2.45, 2.75) is 4.90 Å². The maximum absolute atomic E-state index is 12.9. The highest BCUT2D eigenvalue weighted by molar-refractivity contribution is 7.90. The Labute approximate surface area is 178 Å². The van der Waals surface area contributed by atoms with E-state index >= 15 is 0 Å². The summed E-state index contributed by atoms with van der Waals surface area (Å²) in [6.45, 7) is 0. The SMILES string of the molecule is Cn1cc(NC(=O)c2cccc(-c3cncc(S(C)(=O)=O)c3)n2)c(-c2ccccn2)n1. The summed E-state index contributed by atoms with van der Waals surface area (Å²) in [6.07, 6.45) is 7.22. The number of aryl methyl sites for hydroxylation is 1. The van der Waals surface area contributed by atoms with Crippen molar-refractivity contribution in [2.24, 2.45) is 7.05 Å². The Kier molecular flexibility index (Phi) is 5.30. The maximum Gasteiger partial charge on any atom is 0.274 e. The van der Waals surface area contributed by atoms with Gasteiger partial charge in [0.2, 0.25) is 0 Å². The minimum atomic E-state index is -3.41. The Morgan fingerprint density at radius 1 is 1.06 bits per heavy atom. The first-order chi connectivity index (χ1) is 14.8. The van der Waals surface area contributed by atoms with E-state index in [9.17, 15) is 13.2 Å². The molecule has 4 aromatic heterocycles. The number of hydrogen-bond acceptors (Lipinski definition) is 7. The quantitative estimate of drug-likeness (QED) is 0.513. The molecule has 0 atom stereocenters. The molecule has 1 N–H and O–H groups in total. The van der Waals surface area contributed by atoms with Gasteiger partial charge in [0.15, 0.2) is 9.84 Å². The van der Waals surface area contributed by atoms with E-state index in [0.717, 1.165) is 6.26 Å². The number of nitrogens with one attached hydrogen (secondary N) is 1. The molecule has 4 heterocycles. The Bertz CT molecular complexity index is 1370. The normalized spacial score (nSPS) is 11.3. The topological polar surface area (TPSA) is 120 Å². The average Bonchev–Trinajstić information content (AvgIpc) is 3.14. The van der Waals surface area contributed by atoms with E-state index in [1.165, 1.54) is 18.5 Å². The van der Waals surface area contributed by atoms with Gasteiger partial charge < -0.3 is 5.32 Å². The summed E-state index contributed by atoms with van der Waals surface area (Å²) < 4.78 is 25.2. The molecule has 31 heavy (non-hydrogen) atoms. The monoisotopic (exact) mass is 434 g/mol. The van der Waals surface area contributed by atoms with Gasteiger partial charge in [-0.2, -0.15) is 5.10 Å². The van der Waals surface area contributed by atoms with Gasteiger partial charge in [-0.3, -0.25) is 19.4 Å². The number of rotatable bonds is 5. The van der Waals surface area contributed by atoms with Crippen molar-refractivity contribution in [1.82, 2.24) is 24.7 Å². The first-order valence-electron chi connectivity index (χ1n) is 9.20. The van der Waals surface area contributed by atoms with E-state index in [1.807, 2.05) is 6.07 Å². The minimum absolute atomic E-state index is 0.0806. The molecule has 0 saturated carbocycles. The second kappa shape index (κ2) is 8.07. The molecule has 9 nitrogen and oxygen atoms in total. The van der Waals surface area contributed by atoms with Gasteiger partial charge in [-0.1, -0.05) is 12.1 Å². The lowest BCUT2D eigenvalue weighted by atomic mass is 10.2. The Hall–Kier alpha value is -3.92. The maximum atomic E-state index is 12.9. The fraction of sp³-hybridized carbons (Fsp3) is 0.0952. The lowest BCUT2D eigenvalue weighted by Gasteiger charge is -2.07. The van der Waals surface area contributed by atoms with Crippen molar-refractivity contribution < 1.29 is 13.2 Å². The first kappa shape index (κ1) is 20.4. The van der Waals surface area contributed by atoms with Crippen LogP contribution in [0.25, 0.3) is 22.6 Å². The number of amides is 1. The van der Waals surface area contributed by atoms with Crippen LogP contribution in [0.4, 0.5) is 5.69 Å². The largest absolute Gasteiger partial charge is 0.317 e. The third-order valence-corrected chi connectivity index (χ3v) is 5.48. The van der Waals surface area contributed by atoms with Gasteiger partial charge in [-0.05, 0) is 30.3 Å². The molecule has 0 radical (unpaired) electrons. The van der Waals surface area contributed by atoms with E-state index < -0.39 is 15.7 Å². The zero-order chi connectivity index (χ0) is 22.0. The molecule has 0 saturated heterocycles. The first-order valence-corrected chi connectivity index (χ1v) is 11.1. The molecule has 1 amide bonds. The second-order valence-corrected chi connectivity index (χ2v) is 8.84. The molecule has 0 spiro atoms. The Morgan fingerprint density at radius 3 is 2.61 bits per heavy atom. The van der Waals surface area contributed by atoms with Crippen LogP contribution in [0.3, 0.4) is 0 Å². The van der Waals surface area contributed by atoms with Crippen LogP contribution in [0.2, 0.25) is 0 Å². The lowest BCUT2D eigenvalue weighted by Crippen LogP contribution is -2.14. The highest BCUT2D eigenvalue weighted by atomic mass is 32.2. The number of hydrogen-bond donors (Lipinski definition) is 1. The van der Waals surface area contributed by atoms with Crippen LogP contribution >= 0.6 is 0 Å². The average molecular weight is 434 g/mol.